The minimum absolute atomic E-state index is 0.132. The van der Waals surface area contributed by atoms with Crippen molar-refractivity contribution in [1.82, 2.24) is 9.97 Å². The number of nitrogens with zero attached hydrogens (tertiary/aromatic N) is 2. The van der Waals surface area contributed by atoms with Gasteiger partial charge in [0.05, 0.1) is 23.3 Å². The molecule has 0 atom stereocenters. The van der Waals surface area contributed by atoms with Gasteiger partial charge in [-0.25, -0.2) is 10.1 Å². The van der Waals surface area contributed by atoms with Crippen LogP contribution < -0.4 is 0 Å². The highest BCUT2D eigenvalue weighted by molar-refractivity contribution is 5.73. The van der Waals surface area contributed by atoms with Crippen LogP contribution in [-0.2, 0) is 11.5 Å². The molecule has 1 aromatic heterocycles. The Hall–Kier alpha value is -1.48. The molecule has 0 aliphatic rings. The fourth-order valence-electron chi connectivity index (χ4n) is 1.22. The molecule has 0 fully saturated rings. The summed E-state index contributed by atoms with van der Waals surface area (Å²) in [5.74, 6) is 0. The molecule has 3 nitrogen and oxygen atoms in total. The maximum absolute atomic E-state index is 10.4. The van der Waals surface area contributed by atoms with E-state index in [1.807, 2.05) is 24.3 Å². The highest BCUT2D eigenvalue weighted by atomic mass is 16.3. The van der Waals surface area contributed by atoms with Gasteiger partial charge in [-0.3, -0.25) is 4.98 Å². The molecule has 0 aliphatic heterocycles. The van der Waals surface area contributed by atoms with Crippen LogP contribution in [0.5, 0.6) is 0 Å². The number of aromatic nitrogens is 2. The Morgan fingerprint density at radius 3 is 2.69 bits per heavy atom. The third kappa shape index (κ3) is 1.65. The summed E-state index contributed by atoms with van der Waals surface area (Å²) in [4.78, 5) is 8.50. The van der Waals surface area contributed by atoms with Gasteiger partial charge in [-0.05, 0) is 12.1 Å². The normalized spacial score (nSPS) is 10.5. The lowest BCUT2D eigenvalue weighted by molar-refractivity contribution is 0.196. The molecule has 1 radical (unpaired) electrons. The number of rotatable bonds is 2. The molecule has 3 heteroatoms. The average molecular weight is 173 g/mol. The maximum Gasteiger partial charge on any atom is 0.0890 e. The van der Waals surface area contributed by atoms with E-state index in [9.17, 15) is 5.11 Å². The van der Waals surface area contributed by atoms with Gasteiger partial charge in [0.15, 0.2) is 0 Å². The van der Waals surface area contributed by atoms with Crippen LogP contribution in [0.4, 0.5) is 0 Å². The second-order valence-corrected chi connectivity index (χ2v) is 2.80. The first kappa shape index (κ1) is 8.13. The number of fused-ring (bicyclic) bond motifs is 1. The Labute approximate surface area is 76.1 Å². The van der Waals surface area contributed by atoms with Gasteiger partial charge in [0.2, 0.25) is 0 Å². The minimum Gasteiger partial charge on any atom is -0.253 e. The first-order valence-corrected chi connectivity index (χ1v) is 4.19. The van der Waals surface area contributed by atoms with Gasteiger partial charge < -0.3 is 0 Å². The van der Waals surface area contributed by atoms with Crippen molar-refractivity contribution in [3.8, 4) is 0 Å². The second-order valence-electron chi connectivity index (χ2n) is 2.80. The van der Waals surface area contributed by atoms with Crippen molar-refractivity contribution in [2.24, 2.45) is 0 Å². The Morgan fingerprint density at radius 1 is 1.15 bits per heavy atom. The van der Waals surface area contributed by atoms with Crippen molar-refractivity contribution in [1.29, 1.82) is 0 Å². The Kier molecular flexibility index (Phi) is 2.19. The molecule has 0 aliphatic carbocycles. The predicted molar refractivity (Wildman–Crippen MR) is 48.8 cm³/mol. The van der Waals surface area contributed by atoms with E-state index in [2.05, 4.69) is 9.97 Å². The van der Waals surface area contributed by atoms with Gasteiger partial charge in [0.25, 0.3) is 0 Å². The number of hydrogen-bond donors (Lipinski definition) is 0. The summed E-state index contributed by atoms with van der Waals surface area (Å²) in [6, 6.07) is 7.64. The van der Waals surface area contributed by atoms with Gasteiger partial charge in [-0.1, -0.05) is 12.1 Å². The molecule has 13 heavy (non-hydrogen) atoms. The molecule has 0 unspecified atom stereocenters. The molecule has 1 aromatic carbocycles. The van der Waals surface area contributed by atoms with E-state index in [-0.39, 0.29) is 6.61 Å². The molecule has 0 N–H and O–H groups in total. The largest absolute Gasteiger partial charge is 0.253 e. The standard InChI is InChI=1S/C10H9N2O/c13-6-5-8-7-11-9-3-1-2-4-10(9)12-8/h1-4,7H,5-6H2. The number of para-hydroxylation sites is 2. The van der Waals surface area contributed by atoms with Crippen molar-refractivity contribution in [3.05, 3.63) is 36.2 Å². The first-order chi connectivity index (χ1) is 6.40. The van der Waals surface area contributed by atoms with Crippen LogP contribution in [0.2, 0.25) is 0 Å². The molecule has 0 bridgehead atoms. The predicted octanol–water partition coefficient (Wildman–Crippen LogP) is 1.60. The Bertz CT molecular complexity index is 414. The summed E-state index contributed by atoms with van der Waals surface area (Å²) < 4.78 is 0. The van der Waals surface area contributed by atoms with Crippen molar-refractivity contribution >= 4 is 11.0 Å². The number of hydrogen-bond acceptors (Lipinski definition) is 2. The Balaban J connectivity index is 2.49. The molecular weight excluding hydrogens is 164 g/mol. The van der Waals surface area contributed by atoms with E-state index in [4.69, 9.17) is 0 Å². The third-order valence-electron chi connectivity index (χ3n) is 1.86. The molecule has 0 saturated carbocycles. The van der Waals surface area contributed by atoms with E-state index in [0.29, 0.717) is 6.42 Å². The monoisotopic (exact) mass is 173 g/mol. The van der Waals surface area contributed by atoms with Crippen molar-refractivity contribution < 1.29 is 5.11 Å². The molecule has 0 amide bonds. The summed E-state index contributed by atoms with van der Waals surface area (Å²) in [5.41, 5.74) is 2.50. The topological polar surface area (TPSA) is 45.7 Å². The van der Waals surface area contributed by atoms with Crippen LogP contribution in [0.25, 0.3) is 11.0 Å². The average Bonchev–Trinajstić information content (AvgIpc) is 2.18. The summed E-state index contributed by atoms with van der Waals surface area (Å²) in [6.45, 7) is -0.132. The van der Waals surface area contributed by atoms with Crippen LogP contribution in [0.3, 0.4) is 0 Å². The third-order valence-corrected chi connectivity index (χ3v) is 1.86. The lowest BCUT2D eigenvalue weighted by Gasteiger charge is -1.98. The zero-order valence-electron chi connectivity index (χ0n) is 7.10. The number of benzene rings is 1. The smallest absolute Gasteiger partial charge is 0.0890 e. The van der Waals surface area contributed by atoms with Crippen LogP contribution >= 0.6 is 0 Å². The maximum atomic E-state index is 10.4. The van der Waals surface area contributed by atoms with Crippen molar-refractivity contribution in [2.75, 3.05) is 6.61 Å². The zero-order chi connectivity index (χ0) is 9.10. The van der Waals surface area contributed by atoms with Gasteiger partial charge in [0.1, 0.15) is 0 Å². The summed E-state index contributed by atoms with van der Waals surface area (Å²) in [7, 11) is 0. The van der Waals surface area contributed by atoms with Crippen LogP contribution in [-0.4, -0.2) is 16.6 Å². The van der Waals surface area contributed by atoms with E-state index in [0.717, 1.165) is 16.7 Å². The lowest BCUT2D eigenvalue weighted by Crippen LogP contribution is -1.95. The van der Waals surface area contributed by atoms with Crippen LogP contribution in [0.1, 0.15) is 5.69 Å². The minimum atomic E-state index is -0.132. The molecule has 0 spiro atoms. The summed E-state index contributed by atoms with van der Waals surface area (Å²) in [5, 5.41) is 10.4. The second kappa shape index (κ2) is 3.49. The summed E-state index contributed by atoms with van der Waals surface area (Å²) >= 11 is 0. The zero-order valence-corrected chi connectivity index (χ0v) is 7.10. The molecule has 65 valence electrons. The van der Waals surface area contributed by atoms with E-state index < -0.39 is 0 Å². The van der Waals surface area contributed by atoms with Crippen LogP contribution in [0, 0.1) is 0 Å². The van der Waals surface area contributed by atoms with Gasteiger partial charge in [-0.2, -0.15) is 0 Å². The van der Waals surface area contributed by atoms with Gasteiger partial charge in [0, 0.05) is 12.6 Å². The van der Waals surface area contributed by atoms with Gasteiger partial charge in [-0.15, -0.1) is 0 Å². The van der Waals surface area contributed by atoms with Gasteiger partial charge >= 0.3 is 0 Å². The molecule has 2 aromatic rings. The van der Waals surface area contributed by atoms with E-state index in [1.54, 1.807) is 6.20 Å². The molecular formula is C10H9N2O. The van der Waals surface area contributed by atoms with E-state index in [1.165, 1.54) is 0 Å². The lowest BCUT2D eigenvalue weighted by atomic mass is 10.2. The highest BCUT2D eigenvalue weighted by Gasteiger charge is 1.97. The summed E-state index contributed by atoms with van der Waals surface area (Å²) in [6.07, 6.45) is 2.12. The molecule has 1 heterocycles. The first-order valence-electron chi connectivity index (χ1n) is 4.19. The van der Waals surface area contributed by atoms with Crippen molar-refractivity contribution in [3.63, 3.8) is 0 Å². The molecule has 2 rings (SSSR count). The van der Waals surface area contributed by atoms with Crippen LogP contribution in [0.15, 0.2) is 30.5 Å². The SMILES string of the molecule is [O]CCc1cnc2ccccc2n1. The van der Waals surface area contributed by atoms with E-state index >= 15 is 0 Å². The molecule has 0 saturated heterocycles. The highest BCUT2D eigenvalue weighted by Crippen LogP contribution is 2.08. The quantitative estimate of drug-likeness (QED) is 0.692. The van der Waals surface area contributed by atoms with Crippen molar-refractivity contribution in [2.45, 2.75) is 6.42 Å². The Morgan fingerprint density at radius 2 is 1.92 bits per heavy atom. The fraction of sp³-hybridized carbons (Fsp3) is 0.200. The fourth-order valence-corrected chi connectivity index (χ4v) is 1.22.